The molecule has 31 heavy (non-hydrogen) atoms. The van der Waals surface area contributed by atoms with Crippen molar-refractivity contribution in [2.45, 2.75) is 25.4 Å². The predicted octanol–water partition coefficient (Wildman–Crippen LogP) is 0.793. The number of fused-ring (bicyclic) bond motifs is 1. The molecule has 0 spiro atoms. The average Bonchev–Trinajstić information content (AvgIpc) is 2.73. The summed E-state index contributed by atoms with van der Waals surface area (Å²) in [6, 6.07) is 10.3. The van der Waals surface area contributed by atoms with E-state index < -0.39 is 36.1 Å². The molecule has 0 saturated carbocycles. The Morgan fingerprint density at radius 2 is 1.81 bits per heavy atom. The Morgan fingerprint density at radius 3 is 2.48 bits per heavy atom. The Kier molecular flexibility index (Phi) is 6.68. The molecule has 0 aliphatic rings. The summed E-state index contributed by atoms with van der Waals surface area (Å²) in [6.45, 7) is 1.22. The minimum absolute atomic E-state index is 0.0732. The lowest BCUT2D eigenvalue weighted by atomic mass is 10.0. The zero-order valence-corrected chi connectivity index (χ0v) is 16.8. The van der Waals surface area contributed by atoms with E-state index in [-0.39, 0.29) is 12.2 Å². The van der Waals surface area contributed by atoms with Crippen LogP contribution in [0.25, 0.3) is 11.0 Å². The molecule has 6 N–H and O–H groups in total. The molecule has 0 aliphatic heterocycles. The minimum atomic E-state index is -1.17. The number of phenolic OH excluding ortho intramolecular Hbond substituents is 1. The summed E-state index contributed by atoms with van der Waals surface area (Å²) >= 11 is 0. The number of benzene rings is 2. The van der Waals surface area contributed by atoms with Crippen LogP contribution in [0.3, 0.4) is 0 Å². The third-order valence-corrected chi connectivity index (χ3v) is 4.76. The van der Waals surface area contributed by atoms with Crippen molar-refractivity contribution in [3.05, 3.63) is 70.1 Å². The van der Waals surface area contributed by atoms with Gasteiger partial charge in [-0.1, -0.05) is 12.1 Å². The highest BCUT2D eigenvalue weighted by Crippen LogP contribution is 2.21. The number of nitrogens with two attached hydrogens (primary N) is 1. The fraction of sp³-hybridized carbons (Fsp3) is 0.227. The van der Waals surface area contributed by atoms with Crippen LogP contribution in [0.15, 0.2) is 57.7 Å². The van der Waals surface area contributed by atoms with E-state index in [0.29, 0.717) is 16.8 Å². The van der Waals surface area contributed by atoms with Crippen LogP contribution in [0.1, 0.15) is 11.1 Å². The fourth-order valence-corrected chi connectivity index (χ4v) is 3.07. The quantitative estimate of drug-likeness (QED) is 0.351. The molecular weight excluding hydrogens is 402 g/mol. The molecule has 162 valence electrons. The van der Waals surface area contributed by atoms with E-state index in [1.165, 1.54) is 24.3 Å². The Labute approximate surface area is 177 Å². The molecular formula is C22H23N3O6. The average molecular weight is 425 g/mol. The summed E-state index contributed by atoms with van der Waals surface area (Å²) < 4.78 is 5.20. The van der Waals surface area contributed by atoms with Gasteiger partial charge in [-0.15, -0.1) is 0 Å². The number of aryl methyl sites for hydroxylation is 1. The van der Waals surface area contributed by atoms with E-state index in [0.717, 1.165) is 10.9 Å². The minimum Gasteiger partial charge on any atom is -0.508 e. The first-order valence-electron chi connectivity index (χ1n) is 9.57. The summed E-state index contributed by atoms with van der Waals surface area (Å²) in [5.41, 5.74) is 7.20. The number of carbonyl (C=O) groups is 2. The predicted molar refractivity (Wildman–Crippen MR) is 115 cm³/mol. The lowest BCUT2D eigenvalue weighted by molar-refractivity contribution is -0.127. The number of hydrogen-bond donors (Lipinski definition) is 5. The van der Waals surface area contributed by atoms with Gasteiger partial charge in [0.15, 0.2) is 0 Å². The van der Waals surface area contributed by atoms with Crippen molar-refractivity contribution < 1.29 is 24.2 Å². The topological polar surface area (TPSA) is 155 Å². The maximum Gasteiger partial charge on any atom is 0.336 e. The van der Waals surface area contributed by atoms with E-state index >= 15 is 0 Å². The molecule has 0 fully saturated rings. The van der Waals surface area contributed by atoms with Crippen molar-refractivity contribution in [2.75, 3.05) is 11.9 Å². The van der Waals surface area contributed by atoms with Crippen LogP contribution >= 0.6 is 0 Å². The van der Waals surface area contributed by atoms with Crippen LogP contribution < -0.4 is 22.0 Å². The van der Waals surface area contributed by atoms with Crippen LogP contribution in [0.2, 0.25) is 0 Å². The third-order valence-electron chi connectivity index (χ3n) is 4.76. The van der Waals surface area contributed by atoms with Gasteiger partial charge in [0.25, 0.3) is 0 Å². The van der Waals surface area contributed by atoms with Crippen LogP contribution in [0.5, 0.6) is 5.75 Å². The van der Waals surface area contributed by atoms with Gasteiger partial charge < -0.3 is 31.0 Å². The van der Waals surface area contributed by atoms with Crippen LogP contribution in [0.4, 0.5) is 5.69 Å². The molecule has 0 unspecified atom stereocenters. The smallest absolute Gasteiger partial charge is 0.336 e. The van der Waals surface area contributed by atoms with Gasteiger partial charge in [0.1, 0.15) is 23.4 Å². The maximum atomic E-state index is 12.9. The summed E-state index contributed by atoms with van der Waals surface area (Å²) in [5, 5.41) is 24.5. The standard InChI is InChI=1S/C22H23N3O6/c1-12-8-20(28)31-19-10-14(4-7-16(12)19)24-22(30)18(25-21(29)17(23)11-26)9-13-2-5-15(27)6-3-13/h2-8,10,17-18,26-27H,9,11,23H2,1H3,(H,24,30)(H,25,29)/t17-,18-/m0/s1. The highest BCUT2D eigenvalue weighted by molar-refractivity contribution is 5.99. The van der Waals surface area contributed by atoms with E-state index in [4.69, 9.17) is 15.3 Å². The summed E-state index contributed by atoms with van der Waals surface area (Å²) in [4.78, 5) is 36.7. The van der Waals surface area contributed by atoms with Gasteiger partial charge in [0.05, 0.1) is 6.61 Å². The zero-order chi connectivity index (χ0) is 22.5. The summed E-state index contributed by atoms with van der Waals surface area (Å²) in [7, 11) is 0. The van der Waals surface area contributed by atoms with Crippen molar-refractivity contribution in [1.29, 1.82) is 0 Å². The van der Waals surface area contributed by atoms with Gasteiger partial charge >= 0.3 is 5.63 Å². The molecule has 1 aromatic heterocycles. The maximum absolute atomic E-state index is 12.9. The van der Waals surface area contributed by atoms with Crippen molar-refractivity contribution >= 4 is 28.5 Å². The molecule has 0 aliphatic carbocycles. The number of anilines is 1. The molecule has 0 bridgehead atoms. The van der Waals surface area contributed by atoms with E-state index in [2.05, 4.69) is 10.6 Å². The van der Waals surface area contributed by atoms with Crippen molar-refractivity contribution in [3.8, 4) is 5.75 Å². The summed E-state index contributed by atoms with van der Waals surface area (Å²) in [5.74, 6) is -1.13. The molecule has 1 heterocycles. The molecule has 9 heteroatoms. The van der Waals surface area contributed by atoms with Gasteiger partial charge in [-0.2, -0.15) is 0 Å². The molecule has 3 rings (SSSR count). The first-order chi connectivity index (χ1) is 14.8. The number of nitrogens with one attached hydrogen (secondary N) is 2. The SMILES string of the molecule is Cc1cc(=O)oc2cc(NC(=O)[C@H](Cc3ccc(O)cc3)NC(=O)[C@@H](N)CO)ccc12. The lowest BCUT2D eigenvalue weighted by Gasteiger charge is -2.20. The zero-order valence-electron chi connectivity index (χ0n) is 16.8. The second kappa shape index (κ2) is 9.41. The third kappa shape index (κ3) is 5.47. The lowest BCUT2D eigenvalue weighted by Crippen LogP contribution is -2.52. The van der Waals surface area contributed by atoms with Crippen LogP contribution in [-0.4, -0.2) is 40.7 Å². The number of aliphatic hydroxyl groups excluding tert-OH is 1. The van der Waals surface area contributed by atoms with Gasteiger partial charge in [-0.3, -0.25) is 9.59 Å². The van der Waals surface area contributed by atoms with Gasteiger partial charge in [-0.25, -0.2) is 4.79 Å². The molecule has 0 radical (unpaired) electrons. The number of phenols is 1. The largest absolute Gasteiger partial charge is 0.508 e. The second-order valence-electron chi connectivity index (χ2n) is 7.17. The van der Waals surface area contributed by atoms with Crippen LogP contribution in [-0.2, 0) is 16.0 Å². The molecule has 2 aromatic carbocycles. The number of hydrogen-bond acceptors (Lipinski definition) is 7. The Balaban J connectivity index is 1.84. The molecule has 2 atom stereocenters. The van der Waals surface area contributed by atoms with Crippen molar-refractivity contribution in [2.24, 2.45) is 5.73 Å². The molecule has 3 aromatic rings. The first kappa shape index (κ1) is 22.0. The number of aliphatic hydroxyl groups is 1. The van der Waals surface area contributed by atoms with E-state index in [9.17, 15) is 19.5 Å². The summed E-state index contributed by atoms with van der Waals surface area (Å²) in [6.07, 6.45) is 0.123. The Hall–Kier alpha value is -3.69. The molecule has 9 nitrogen and oxygen atoms in total. The van der Waals surface area contributed by atoms with Crippen LogP contribution in [0, 0.1) is 6.92 Å². The van der Waals surface area contributed by atoms with Crippen molar-refractivity contribution in [1.82, 2.24) is 5.32 Å². The number of aromatic hydroxyl groups is 1. The number of rotatable bonds is 7. The van der Waals surface area contributed by atoms with Gasteiger partial charge in [0, 0.05) is 29.6 Å². The Morgan fingerprint density at radius 1 is 1.10 bits per heavy atom. The van der Waals surface area contributed by atoms with E-state index in [1.54, 1.807) is 31.2 Å². The number of amides is 2. The Bertz CT molecular complexity index is 1160. The molecule has 2 amide bonds. The fourth-order valence-electron chi connectivity index (χ4n) is 3.07. The highest BCUT2D eigenvalue weighted by Gasteiger charge is 2.24. The normalized spacial score (nSPS) is 12.9. The highest BCUT2D eigenvalue weighted by atomic mass is 16.4. The van der Waals surface area contributed by atoms with Crippen molar-refractivity contribution in [3.63, 3.8) is 0 Å². The first-order valence-corrected chi connectivity index (χ1v) is 9.57. The molecule has 0 saturated heterocycles. The van der Waals surface area contributed by atoms with Gasteiger partial charge in [0.2, 0.25) is 11.8 Å². The van der Waals surface area contributed by atoms with E-state index in [1.807, 2.05) is 0 Å². The monoisotopic (exact) mass is 425 g/mol. The second-order valence-corrected chi connectivity index (χ2v) is 7.17. The van der Waals surface area contributed by atoms with Gasteiger partial charge in [-0.05, 0) is 42.3 Å². The number of carbonyl (C=O) groups excluding carboxylic acids is 2.